The van der Waals surface area contributed by atoms with Gasteiger partial charge in [0.05, 0.1) is 11.4 Å². The normalized spacial score (nSPS) is 16.0. The minimum Gasteiger partial charge on any atom is -0.309 e. The molecule has 10 aromatic carbocycles. The molecule has 0 radical (unpaired) electrons. The average Bonchev–Trinajstić information content (AvgIpc) is 3.68. The second-order valence-electron chi connectivity index (χ2n) is 18.6. The van der Waals surface area contributed by atoms with E-state index in [0.29, 0.717) is 5.92 Å². The van der Waals surface area contributed by atoms with Crippen molar-refractivity contribution >= 4 is 27.8 Å². The maximum atomic E-state index is 2.48. The third-order valence-corrected chi connectivity index (χ3v) is 14.6. The Labute approximate surface area is 400 Å². The molecule has 68 heavy (non-hydrogen) atoms. The van der Waals surface area contributed by atoms with Gasteiger partial charge in [0, 0.05) is 22.2 Å². The van der Waals surface area contributed by atoms with Crippen LogP contribution in [0.15, 0.2) is 260 Å². The van der Waals surface area contributed by atoms with Gasteiger partial charge in [0.2, 0.25) is 0 Å². The SMILES string of the molecule is CC1C=CC=C(C2(C)c3ccccc3-c3c(-c4ccc(N(c5ccccc5-c5ccc(-c6ccccc6)cc5)c5ccccc5-c5cccc6cccc(-c7ccccc7)c56)cc4)cccc32)C1. The van der Waals surface area contributed by atoms with Gasteiger partial charge in [-0.3, -0.25) is 0 Å². The summed E-state index contributed by atoms with van der Waals surface area (Å²) >= 11 is 0. The summed E-state index contributed by atoms with van der Waals surface area (Å²) in [6, 6.07) is 87.1. The number of anilines is 3. The van der Waals surface area contributed by atoms with Crippen LogP contribution in [0.5, 0.6) is 0 Å². The van der Waals surface area contributed by atoms with Gasteiger partial charge in [0.15, 0.2) is 0 Å². The van der Waals surface area contributed by atoms with Crippen LogP contribution in [0.25, 0.3) is 77.5 Å². The second kappa shape index (κ2) is 17.2. The predicted molar refractivity (Wildman–Crippen MR) is 289 cm³/mol. The molecule has 2 aliphatic carbocycles. The van der Waals surface area contributed by atoms with E-state index in [1.807, 2.05) is 0 Å². The second-order valence-corrected chi connectivity index (χ2v) is 18.6. The van der Waals surface area contributed by atoms with Gasteiger partial charge >= 0.3 is 0 Å². The van der Waals surface area contributed by atoms with Crippen LogP contribution in [0, 0.1) is 5.92 Å². The van der Waals surface area contributed by atoms with E-state index in [-0.39, 0.29) is 5.41 Å². The smallest absolute Gasteiger partial charge is 0.0540 e. The molecule has 0 aromatic heterocycles. The highest BCUT2D eigenvalue weighted by Crippen LogP contribution is 2.57. The number of allylic oxidation sites excluding steroid dienone is 4. The molecule has 12 rings (SSSR count). The predicted octanol–water partition coefficient (Wildman–Crippen LogP) is 18.5. The van der Waals surface area contributed by atoms with Crippen molar-refractivity contribution < 1.29 is 0 Å². The van der Waals surface area contributed by atoms with Crippen LogP contribution in [0.1, 0.15) is 31.4 Å². The summed E-state index contributed by atoms with van der Waals surface area (Å²) in [5.74, 6) is 0.511. The Hall–Kier alpha value is -8.26. The van der Waals surface area contributed by atoms with Gasteiger partial charge < -0.3 is 4.90 Å². The molecule has 0 N–H and O–H groups in total. The van der Waals surface area contributed by atoms with Gasteiger partial charge in [-0.25, -0.2) is 0 Å². The summed E-state index contributed by atoms with van der Waals surface area (Å²) < 4.78 is 0. The highest BCUT2D eigenvalue weighted by Gasteiger charge is 2.43. The van der Waals surface area contributed by atoms with Crippen molar-refractivity contribution in [3.05, 3.63) is 272 Å². The van der Waals surface area contributed by atoms with Crippen molar-refractivity contribution in [2.75, 3.05) is 4.90 Å². The fourth-order valence-electron chi connectivity index (χ4n) is 11.2. The van der Waals surface area contributed by atoms with Crippen LogP contribution >= 0.6 is 0 Å². The lowest BCUT2D eigenvalue weighted by Crippen LogP contribution is -2.25. The lowest BCUT2D eigenvalue weighted by Gasteiger charge is -2.33. The van der Waals surface area contributed by atoms with Gasteiger partial charge in [-0.1, -0.05) is 243 Å². The highest BCUT2D eigenvalue weighted by atomic mass is 15.1. The molecular weight excluding hydrogens is 819 g/mol. The molecule has 1 nitrogen and oxygen atoms in total. The molecule has 0 aliphatic heterocycles. The molecule has 2 aliphatic rings. The zero-order valence-electron chi connectivity index (χ0n) is 38.5. The van der Waals surface area contributed by atoms with Gasteiger partial charge in [-0.05, 0) is 121 Å². The number of para-hydroxylation sites is 2. The maximum Gasteiger partial charge on any atom is 0.0540 e. The van der Waals surface area contributed by atoms with Crippen molar-refractivity contribution in [3.63, 3.8) is 0 Å². The molecular formula is C67H51N. The fraction of sp³-hybridized carbons (Fsp3) is 0.0746. The third-order valence-electron chi connectivity index (χ3n) is 14.6. The van der Waals surface area contributed by atoms with E-state index in [2.05, 4.69) is 274 Å². The average molecular weight is 870 g/mol. The van der Waals surface area contributed by atoms with E-state index in [4.69, 9.17) is 0 Å². The third kappa shape index (κ3) is 7.02. The summed E-state index contributed by atoms with van der Waals surface area (Å²) in [6.45, 7) is 4.78. The number of benzene rings is 10. The van der Waals surface area contributed by atoms with Crippen molar-refractivity contribution in [1.29, 1.82) is 0 Å². The first-order chi connectivity index (χ1) is 33.5. The molecule has 0 fully saturated rings. The van der Waals surface area contributed by atoms with Crippen molar-refractivity contribution in [2.24, 2.45) is 5.92 Å². The van der Waals surface area contributed by atoms with Crippen LogP contribution in [-0.2, 0) is 5.41 Å². The standard InChI is InChI=1S/C67H51N/c1-46-19-15-26-53(45-46)67(2)61-33-12-9-29-60(61)66-57(31-18-34-62(66)67)51-41-43-54(44-42-51)68(63-35-13-10-27-55(63)50-39-37-48(38-40-50)47-20-5-3-6-21-47)64-36-14-11-28-58(64)59-32-17-25-52-24-16-30-56(65(52)59)49-22-7-4-8-23-49/h3-44,46H,45H2,1-2H3. The first-order valence-electron chi connectivity index (χ1n) is 24.0. The largest absolute Gasteiger partial charge is 0.309 e. The first-order valence-corrected chi connectivity index (χ1v) is 24.0. The first kappa shape index (κ1) is 41.2. The quantitative estimate of drug-likeness (QED) is 0.140. The molecule has 324 valence electrons. The summed E-state index contributed by atoms with van der Waals surface area (Å²) in [5, 5.41) is 2.46. The molecule has 2 unspecified atom stereocenters. The number of hydrogen-bond acceptors (Lipinski definition) is 1. The lowest BCUT2D eigenvalue weighted by molar-refractivity contribution is 0.590. The van der Waals surface area contributed by atoms with Gasteiger partial charge in [0.1, 0.15) is 0 Å². The van der Waals surface area contributed by atoms with E-state index in [9.17, 15) is 0 Å². The molecule has 0 amide bonds. The molecule has 0 saturated carbocycles. The molecule has 0 saturated heterocycles. The Morgan fingerprint density at radius 1 is 0.397 bits per heavy atom. The van der Waals surface area contributed by atoms with Crippen molar-refractivity contribution in [1.82, 2.24) is 0 Å². The van der Waals surface area contributed by atoms with Gasteiger partial charge in [-0.15, -0.1) is 0 Å². The van der Waals surface area contributed by atoms with E-state index in [1.54, 1.807) is 0 Å². The Balaban J connectivity index is 1.04. The van der Waals surface area contributed by atoms with Crippen LogP contribution in [0.2, 0.25) is 0 Å². The fourth-order valence-corrected chi connectivity index (χ4v) is 11.2. The Morgan fingerprint density at radius 3 is 1.60 bits per heavy atom. The van der Waals surface area contributed by atoms with Crippen molar-refractivity contribution in [3.8, 4) is 66.8 Å². The number of rotatable bonds is 9. The Morgan fingerprint density at radius 2 is 0.882 bits per heavy atom. The molecule has 0 spiro atoms. The summed E-state index contributed by atoms with van der Waals surface area (Å²) in [4.78, 5) is 2.48. The van der Waals surface area contributed by atoms with Crippen LogP contribution < -0.4 is 4.90 Å². The molecule has 2 atom stereocenters. The van der Waals surface area contributed by atoms with Crippen LogP contribution in [0.3, 0.4) is 0 Å². The van der Waals surface area contributed by atoms with E-state index in [1.165, 1.54) is 77.5 Å². The zero-order chi connectivity index (χ0) is 45.6. The minimum absolute atomic E-state index is 0.202. The minimum atomic E-state index is -0.202. The summed E-state index contributed by atoms with van der Waals surface area (Å²) in [6.07, 6.45) is 8.03. The number of hydrogen-bond donors (Lipinski definition) is 0. The van der Waals surface area contributed by atoms with Gasteiger partial charge in [-0.2, -0.15) is 0 Å². The highest BCUT2D eigenvalue weighted by molar-refractivity contribution is 6.09. The van der Waals surface area contributed by atoms with Gasteiger partial charge in [0.25, 0.3) is 0 Å². The molecule has 10 aromatic rings. The van der Waals surface area contributed by atoms with Crippen LogP contribution in [0.4, 0.5) is 17.1 Å². The zero-order valence-corrected chi connectivity index (χ0v) is 38.5. The van der Waals surface area contributed by atoms with Crippen LogP contribution in [-0.4, -0.2) is 0 Å². The maximum absolute atomic E-state index is 2.48. The van der Waals surface area contributed by atoms with Crippen molar-refractivity contribution in [2.45, 2.75) is 25.7 Å². The Bertz CT molecular complexity index is 3540. The summed E-state index contributed by atoms with van der Waals surface area (Å²) in [7, 11) is 0. The molecule has 0 heterocycles. The Kier molecular flexibility index (Phi) is 10.4. The molecule has 1 heteroatoms. The van der Waals surface area contributed by atoms with E-state index < -0.39 is 0 Å². The van der Waals surface area contributed by atoms with E-state index in [0.717, 1.165) is 40.2 Å². The lowest BCUT2D eigenvalue weighted by atomic mass is 9.70. The number of nitrogens with zero attached hydrogens (tertiary/aromatic N) is 1. The van der Waals surface area contributed by atoms with E-state index >= 15 is 0 Å². The monoisotopic (exact) mass is 869 g/mol. The summed E-state index contributed by atoms with van der Waals surface area (Å²) in [5.41, 5.74) is 22.0. The topological polar surface area (TPSA) is 3.24 Å². The number of fused-ring (bicyclic) bond motifs is 4. The molecule has 0 bridgehead atoms.